The fourth-order valence-corrected chi connectivity index (χ4v) is 4.73. The van der Waals surface area contributed by atoms with Crippen molar-refractivity contribution in [2.75, 3.05) is 11.8 Å². The van der Waals surface area contributed by atoms with Crippen molar-refractivity contribution in [3.63, 3.8) is 0 Å². The fourth-order valence-electron chi connectivity index (χ4n) is 2.74. The van der Waals surface area contributed by atoms with E-state index in [-0.39, 0.29) is 4.90 Å². The smallest absolute Gasteiger partial charge is 0.263 e. The van der Waals surface area contributed by atoms with E-state index < -0.39 is 10.0 Å². The van der Waals surface area contributed by atoms with E-state index in [1.54, 1.807) is 42.8 Å². The first-order chi connectivity index (χ1) is 13.5. The van der Waals surface area contributed by atoms with Gasteiger partial charge in [0.25, 0.3) is 10.0 Å². The highest BCUT2D eigenvalue weighted by molar-refractivity contribution is 7.93. The van der Waals surface area contributed by atoms with E-state index >= 15 is 0 Å². The molecule has 4 aromatic rings. The van der Waals surface area contributed by atoms with Gasteiger partial charge in [0, 0.05) is 32.9 Å². The lowest BCUT2D eigenvalue weighted by Crippen LogP contribution is -2.12. The van der Waals surface area contributed by atoms with Crippen LogP contribution in [0.4, 0.5) is 5.13 Å². The molecule has 0 aliphatic rings. The minimum atomic E-state index is -3.76. The number of halogens is 1. The van der Waals surface area contributed by atoms with Gasteiger partial charge in [0.05, 0.1) is 18.2 Å². The van der Waals surface area contributed by atoms with Gasteiger partial charge >= 0.3 is 0 Å². The van der Waals surface area contributed by atoms with Gasteiger partial charge in [-0.2, -0.15) is 5.10 Å². The molecule has 0 atom stereocenters. The largest absolute Gasteiger partial charge is 0.496 e. The zero-order chi connectivity index (χ0) is 19.7. The SMILES string of the molecule is COc1cc(Cl)ccc1-c1nncc2cc(S(=O)(=O)Nc3nccs3)ccc12. The molecule has 2 aromatic carbocycles. The van der Waals surface area contributed by atoms with Crippen LogP contribution in [-0.2, 0) is 10.0 Å². The molecule has 142 valence electrons. The van der Waals surface area contributed by atoms with Gasteiger partial charge < -0.3 is 4.74 Å². The number of nitrogens with zero attached hydrogens (tertiary/aromatic N) is 3. The number of hydrogen-bond donors (Lipinski definition) is 1. The van der Waals surface area contributed by atoms with E-state index in [1.807, 2.05) is 0 Å². The number of methoxy groups -OCH3 is 1. The minimum absolute atomic E-state index is 0.109. The summed E-state index contributed by atoms with van der Waals surface area (Å²) >= 11 is 7.24. The molecule has 7 nitrogen and oxygen atoms in total. The summed E-state index contributed by atoms with van der Waals surface area (Å²) in [5.74, 6) is 0.552. The van der Waals surface area contributed by atoms with Crippen LogP contribution in [-0.4, -0.2) is 30.7 Å². The van der Waals surface area contributed by atoms with Gasteiger partial charge in [0.1, 0.15) is 11.4 Å². The van der Waals surface area contributed by atoms with Crippen LogP contribution in [0.5, 0.6) is 5.75 Å². The summed E-state index contributed by atoms with van der Waals surface area (Å²) < 4.78 is 33.1. The highest BCUT2D eigenvalue weighted by Gasteiger charge is 2.18. The van der Waals surface area contributed by atoms with Crippen LogP contribution in [0.3, 0.4) is 0 Å². The van der Waals surface area contributed by atoms with Crippen LogP contribution in [0.25, 0.3) is 22.0 Å². The lowest BCUT2D eigenvalue weighted by Gasteiger charge is -2.11. The first kappa shape index (κ1) is 18.6. The van der Waals surface area contributed by atoms with Crippen molar-refractivity contribution in [1.29, 1.82) is 0 Å². The van der Waals surface area contributed by atoms with Crippen LogP contribution in [0.2, 0.25) is 5.02 Å². The van der Waals surface area contributed by atoms with Gasteiger partial charge in [-0.3, -0.25) is 4.72 Å². The van der Waals surface area contributed by atoms with Gasteiger partial charge in [-0.15, -0.1) is 16.4 Å². The number of fused-ring (bicyclic) bond motifs is 1. The molecule has 0 aliphatic carbocycles. The second kappa shape index (κ2) is 7.34. The van der Waals surface area contributed by atoms with E-state index in [4.69, 9.17) is 16.3 Å². The zero-order valence-corrected chi connectivity index (χ0v) is 16.8. The molecule has 0 saturated carbocycles. The zero-order valence-electron chi connectivity index (χ0n) is 14.5. The van der Waals surface area contributed by atoms with Crippen molar-refractivity contribution < 1.29 is 13.2 Å². The summed E-state index contributed by atoms with van der Waals surface area (Å²) in [5, 5.41) is 12.1. The Kier molecular flexibility index (Phi) is 4.88. The topological polar surface area (TPSA) is 94.1 Å². The van der Waals surface area contributed by atoms with Crippen molar-refractivity contribution in [2.24, 2.45) is 0 Å². The quantitative estimate of drug-likeness (QED) is 0.507. The highest BCUT2D eigenvalue weighted by Crippen LogP contribution is 2.35. The molecule has 0 radical (unpaired) electrons. The number of benzene rings is 2. The second-order valence-electron chi connectivity index (χ2n) is 5.73. The molecule has 0 unspecified atom stereocenters. The fraction of sp³-hybridized carbons (Fsp3) is 0.0556. The van der Waals surface area contributed by atoms with E-state index in [9.17, 15) is 8.42 Å². The Morgan fingerprint density at radius 3 is 2.79 bits per heavy atom. The second-order valence-corrected chi connectivity index (χ2v) is 8.74. The lowest BCUT2D eigenvalue weighted by molar-refractivity contribution is 0.416. The van der Waals surface area contributed by atoms with Gasteiger partial charge in [0.15, 0.2) is 5.13 Å². The average Bonchev–Trinajstić information content (AvgIpc) is 3.19. The Morgan fingerprint density at radius 2 is 2.04 bits per heavy atom. The molecular weight excluding hydrogens is 420 g/mol. The molecule has 1 N–H and O–H groups in total. The van der Waals surface area contributed by atoms with E-state index in [2.05, 4.69) is 19.9 Å². The third-order valence-electron chi connectivity index (χ3n) is 4.02. The Morgan fingerprint density at radius 1 is 1.18 bits per heavy atom. The number of thiazole rings is 1. The number of aromatic nitrogens is 3. The molecule has 10 heteroatoms. The monoisotopic (exact) mass is 432 g/mol. The summed E-state index contributed by atoms with van der Waals surface area (Å²) in [6.07, 6.45) is 3.05. The maximum absolute atomic E-state index is 12.6. The van der Waals surface area contributed by atoms with E-state index in [1.165, 1.54) is 29.8 Å². The predicted octanol–water partition coefficient (Wildman–Crippen LogP) is 4.22. The molecule has 4 rings (SSSR count). The van der Waals surface area contributed by atoms with Crippen molar-refractivity contribution in [2.45, 2.75) is 4.90 Å². The van der Waals surface area contributed by atoms with Gasteiger partial charge in [-0.25, -0.2) is 13.4 Å². The van der Waals surface area contributed by atoms with Gasteiger partial charge in [-0.05, 0) is 30.3 Å². The Bertz CT molecular complexity index is 1260. The Hall–Kier alpha value is -2.75. The Balaban J connectivity index is 1.81. The van der Waals surface area contributed by atoms with Crippen molar-refractivity contribution >= 4 is 48.9 Å². The van der Waals surface area contributed by atoms with Crippen LogP contribution in [0.1, 0.15) is 0 Å². The normalized spacial score (nSPS) is 11.5. The van der Waals surface area contributed by atoms with Crippen LogP contribution >= 0.6 is 22.9 Å². The molecule has 0 fully saturated rings. The molecule has 0 bridgehead atoms. The van der Waals surface area contributed by atoms with Gasteiger partial charge in [0.2, 0.25) is 0 Å². The summed E-state index contributed by atoms with van der Waals surface area (Å²) in [5.41, 5.74) is 1.28. The standard InChI is InChI=1S/C18H13ClN4O3S2/c1-26-16-9-12(19)2-4-15(16)17-14-5-3-13(8-11(14)10-21-22-17)28(24,25)23-18-20-6-7-27-18/h2-10H,1H3,(H,20,23). The van der Waals surface area contributed by atoms with Crippen LogP contribution in [0.15, 0.2) is 59.1 Å². The van der Waals surface area contributed by atoms with Crippen LogP contribution < -0.4 is 9.46 Å². The number of anilines is 1. The molecule has 0 spiro atoms. The van der Waals surface area contributed by atoms with E-state index in [0.29, 0.717) is 32.5 Å². The minimum Gasteiger partial charge on any atom is -0.496 e. The first-order valence-electron chi connectivity index (χ1n) is 7.99. The summed E-state index contributed by atoms with van der Waals surface area (Å²) in [4.78, 5) is 4.06. The molecule has 28 heavy (non-hydrogen) atoms. The highest BCUT2D eigenvalue weighted by atomic mass is 35.5. The lowest BCUT2D eigenvalue weighted by atomic mass is 10.0. The maximum Gasteiger partial charge on any atom is 0.263 e. The number of ether oxygens (including phenoxy) is 1. The Labute approximate surface area is 170 Å². The van der Waals surface area contributed by atoms with E-state index in [0.717, 1.165) is 5.39 Å². The molecule has 0 saturated heterocycles. The molecule has 2 aromatic heterocycles. The first-order valence-corrected chi connectivity index (χ1v) is 10.7. The summed E-state index contributed by atoms with van der Waals surface area (Å²) in [7, 11) is -2.22. The van der Waals surface area contributed by atoms with Crippen molar-refractivity contribution in [3.05, 3.63) is 59.2 Å². The number of hydrogen-bond acceptors (Lipinski definition) is 7. The number of rotatable bonds is 5. The van der Waals surface area contributed by atoms with Crippen molar-refractivity contribution in [3.8, 4) is 17.0 Å². The maximum atomic E-state index is 12.6. The number of sulfonamides is 1. The molecule has 2 heterocycles. The molecular formula is C18H13ClN4O3S2. The summed E-state index contributed by atoms with van der Waals surface area (Å²) in [6, 6.07) is 9.98. The van der Waals surface area contributed by atoms with Crippen LogP contribution in [0, 0.1) is 0 Å². The third-order valence-corrected chi connectivity index (χ3v) is 6.41. The molecule has 0 amide bonds. The van der Waals surface area contributed by atoms with Crippen molar-refractivity contribution in [1.82, 2.24) is 15.2 Å². The number of nitrogens with one attached hydrogen (secondary N) is 1. The molecule has 0 aliphatic heterocycles. The predicted molar refractivity (Wildman–Crippen MR) is 109 cm³/mol. The third kappa shape index (κ3) is 3.51. The summed E-state index contributed by atoms with van der Waals surface area (Å²) in [6.45, 7) is 0. The average molecular weight is 433 g/mol. The van der Waals surface area contributed by atoms with Gasteiger partial charge in [-0.1, -0.05) is 17.7 Å².